The van der Waals surface area contributed by atoms with Gasteiger partial charge in [-0.25, -0.2) is 9.97 Å². The van der Waals surface area contributed by atoms with Crippen LogP contribution < -0.4 is 10.2 Å². The van der Waals surface area contributed by atoms with Crippen molar-refractivity contribution in [2.75, 3.05) is 18.0 Å². The monoisotopic (exact) mass is 361 g/mol. The molecule has 1 unspecified atom stereocenters. The zero-order chi connectivity index (χ0) is 18.5. The molecule has 1 N–H and O–H groups in total. The van der Waals surface area contributed by atoms with E-state index in [-0.39, 0.29) is 11.9 Å². The van der Waals surface area contributed by atoms with Crippen molar-refractivity contribution < 1.29 is 4.79 Å². The molecular formula is C21H23N5O. The number of piperidine rings is 1. The molecule has 0 aliphatic carbocycles. The van der Waals surface area contributed by atoms with Gasteiger partial charge in [0.1, 0.15) is 0 Å². The van der Waals surface area contributed by atoms with Crippen molar-refractivity contribution in [2.45, 2.75) is 25.3 Å². The van der Waals surface area contributed by atoms with Crippen LogP contribution in [-0.2, 0) is 11.2 Å². The third-order valence-corrected chi connectivity index (χ3v) is 4.83. The summed E-state index contributed by atoms with van der Waals surface area (Å²) in [6.45, 7) is 1.68. The van der Waals surface area contributed by atoms with Crippen molar-refractivity contribution in [3.63, 3.8) is 0 Å². The fourth-order valence-electron chi connectivity index (χ4n) is 3.49. The predicted octanol–water partition coefficient (Wildman–Crippen LogP) is 2.60. The number of anilines is 1. The van der Waals surface area contributed by atoms with Crippen molar-refractivity contribution in [1.29, 1.82) is 0 Å². The third kappa shape index (κ3) is 4.34. The van der Waals surface area contributed by atoms with Gasteiger partial charge in [-0.1, -0.05) is 12.1 Å². The number of carbonyl (C=O) groups excluding carboxylic acids is 1. The highest BCUT2D eigenvalue weighted by atomic mass is 16.1. The molecule has 1 amide bonds. The van der Waals surface area contributed by atoms with Crippen LogP contribution in [0.2, 0.25) is 0 Å². The van der Waals surface area contributed by atoms with E-state index in [1.54, 1.807) is 12.4 Å². The number of nitrogens with zero attached hydrogens (tertiary/aromatic N) is 4. The van der Waals surface area contributed by atoms with Crippen LogP contribution in [0.5, 0.6) is 0 Å². The molecule has 2 aromatic heterocycles. The Bertz CT molecular complexity index is 861. The lowest BCUT2D eigenvalue weighted by Gasteiger charge is -2.33. The van der Waals surface area contributed by atoms with E-state index in [1.807, 2.05) is 59.4 Å². The van der Waals surface area contributed by atoms with Gasteiger partial charge in [0.05, 0.1) is 6.42 Å². The van der Waals surface area contributed by atoms with Gasteiger partial charge in [-0.2, -0.15) is 0 Å². The van der Waals surface area contributed by atoms with Crippen molar-refractivity contribution in [3.05, 3.63) is 72.8 Å². The maximum Gasteiger partial charge on any atom is 0.225 e. The Morgan fingerprint density at radius 1 is 1.07 bits per heavy atom. The van der Waals surface area contributed by atoms with E-state index >= 15 is 0 Å². The topological polar surface area (TPSA) is 63.1 Å². The minimum absolute atomic E-state index is 0.0598. The number of rotatable bonds is 5. The van der Waals surface area contributed by atoms with E-state index in [0.29, 0.717) is 6.42 Å². The largest absolute Gasteiger partial charge is 0.351 e. The molecular weight excluding hydrogens is 338 g/mol. The normalized spacial score (nSPS) is 16.9. The quantitative estimate of drug-likeness (QED) is 0.759. The maximum atomic E-state index is 12.5. The molecule has 1 saturated heterocycles. The molecule has 138 valence electrons. The first-order valence-electron chi connectivity index (χ1n) is 9.31. The number of hydrogen-bond acceptors (Lipinski definition) is 4. The van der Waals surface area contributed by atoms with Crippen molar-refractivity contribution in [1.82, 2.24) is 19.9 Å². The van der Waals surface area contributed by atoms with Crippen LogP contribution in [0.15, 0.2) is 67.3 Å². The molecule has 0 bridgehead atoms. The van der Waals surface area contributed by atoms with Crippen LogP contribution in [0.25, 0.3) is 5.69 Å². The molecule has 3 heterocycles. The van der Waals surface area contributed by atoms with Gasteiger partial charge in [-0.15, -0.1) is 0 Å². The number of amides is 1. The van der Waals surface area contributed by atoms with Gasteiger partial charge in [0.2, 0.25) is 11.9 Å². The molecule has 4 rings (SSSR count). The van der Waals surface area contributed by atoms with Crippen molar-refractivity contribution >= 4 is 11.9 Å². The molecule has 0 spiro atoms. The van der Waals surface area contributed by atoms with E-state index in [1.165, 1.54) is 0 Å². The molecule has 1 aliphatic heterocycles. The Morgan fingerprint density at radius 3 is 2.56 bits per heavy atom. The molecule has 6 heteroatoms. The van der Waals surface area contributed by atoms with Gasteiger partial charge in [0.15, 0.2) is 0 Å². The highest BCUT2D eigenvalue weighted by Gasteiger charge is 2.22. The summed E-state index contributed by atoms with van der Waals surface area (Å²) in [5.74, 6) is 0.793. The fourth-order valence-corrected chi connectivity index (χ4v) is 3.49. The van der Waals surface area contributed by atoms with Gasteiger partial charge in [0.25, 0.3) is 0 Å². The van der Waals surface area contributed by atoms with Crippen LogP contribution in [-0.4, -0.2) is 39.6 Å². The van der Waals surface area contributed by atoms with Crippen LogP contribution in [0.1, 0.15) is 18.4 Å². The Morgan fingerprint density at radius 2 is 1.81 bits per heavy atom. The van der Waals surface area contributed by atoms with E-state index in [2.05, 4.69) is 20.2 Å². The van der Waals surface area contributed by atoms with Gasteiger partial charge in [-0.3, -0.25) is 4.79 Å². The molecule has 0 radical (unpaired) electrons. The lowest BCUT2D eigenvalue weighted by molar-refractivity contribution is -0.121. The van der Waals surface area contributed by atoms with E-state index in [9.17, 15) is 4.79 Å². The van der Waals surface area contributed by atoms with Gasteiger partial charge >= 0.3 is 0 Å². The summed E-state index contributed by atoms with van der Waals surface area (Å²) in [7, 11) is 0. The maximum absolute atomic E-state index is 12.5. The summed E-state index contributed by atoms with van der Waals surface area (Å²) in [5, 5.41) is 3.17. The number of aromatic nitrogens is 3. The second kappa shape index (κ2) is 8.03. The second-order valence-electron chi connectivity index (χ2n) is 6.84. The average Bonchev–Trinajstić information content (AvgIpc) is 3.24. The molecule has 1 fully saturated rings. The summed E-state index contributed by atoms with van der Waals surface area (Å²) in [5.41, 5.74) is 2.11. The molecule has 1 aromatic carbocycles. The van der Waals surface area contributed by atoms with Crippen molar-refractivity contribution in [3.8, 4) is 5.69 Å². The van der Waals surface area contributed by atoms with Gasteiger partial charge < -0.3 is 14.8 Å². The van der Waals surface area contributed by atoms with E-state index in [0.717, 1.165) is 43.1 Å². The fraction of sp³-hybridized carbons (Fsp3) is 0.286. The highest BCUT2D eigenvalue weighted by Crippen LogP contribution is 2.16. The molecule has 1 aliphatic rings. The molecule has 3 aromatic rings. The zero-order valence-electron chi connectivity index (χ0n) is 15.2. The standard InChI is InChI=1S/C21H23N5O/c27-20(15-17-6-8-19(9-7-17)25-12-1-2-13-25)24-18-5-3-14-26(16-18)21-22-10-4-11-23-21/h1-2,4,6-13,18H,3,5,14-16H2,(H,24,27). The Kier molecular flexibility index (Phi) is 5.14. The second-order valence-corrected chi connectivity index (χ2v) is 6.84. The van der Waals surface area contributed by atoms with Crippen LogP contribution in [0.4, 0.5) is 5.95 Å². The summed E-state index contributed by atoms with van der Waals surface area (Å²) < 4.78 is 2.05. The molecule has 27 heavy (non-hydrogen) atoms. The Hall–Kier alpha value is -3.15. The van der Waals surface area contributed by atoms with Gasteiger partial charge in [0, 0.05) is 49.6 Å². The average molecular weight is 361 g/mol. The van der Waals surface area contributed by atoms with Gasteiger partial charge in [-0.05, 0) is 48.7 Å². The Labute approximate surface area is 158 Å². The van der Waals surface area contributed by atoms with Crippen LogP contribution in [0, 0.1) is 0 Å². The summed E-state index contributed by atoms with van der Waals surface area (Å²) in [4.78, 5) is 23.2. The van der Waals surface area contributed by atoms with E-state index < -0.39 is 0 Å². The zero-order valence-corrected chi connectivity index (χ0v) is 15.2. The number of nitrogens with one attached hydrogen (secondary N) is 1. The molecule has 6 nitrogen and oxygen atoms in total. The first-order valence-corrected chi connectivity index (χ1v) is 9.31. The van der Waals surface area contributed by atoms with Crippen LogP contribution >= 0.6 is 0 Å². The third-order valence-electron chi connectivity index (χ3n) is 4.83. The number of carbonyl (C=O) groups is 1. The number of benzene rings is 1. The molecule has 1 atom stereocenters. The van der Waals surface area contributed by atoms with Crippen LogP contribution in [0.3, 0.4) is 0 Å². The SMILES string of the molecule is O=C(Cc1ccc(-n2cccc2)cc1)NC1CCCN(c2ncccn2)C1. The summed E-state index contributed by atoms with van der Waals surface area (Å²) in [6, 6.07) is 14.0. The minimum Gasteiger partial charge on any atom is -0.351 e. The predicted molar refractivity (Wildman–Crippen MR) is 105 cm³/mol. The minimum atomic E-state index is 0.0598. The lowest BCUT2D eigenvalue weighted by Crippen LogP contribution is -2.48. The number of hydrogen-bond donors (Lipinski definition) is 1. The van der Waals surface area contributed by atoms with Crippen molar-refractivity contribution in [2.24, 2.45) is 0 Å². The smallest absolute Gasteiger partial charge is 0.225 e. The van der Waals surface area contributed by atoms with E-state index in [4.69, 9.17) is 0 Å². The summed E-state index contributed by atoms with van der Waals surface area (Å²) >= 11 is 0. The molecule has 0 saturated carbocycles. The highest BCUT2D eigenvalue weighted by molar-refractivity contribution is 5.79. The lowest BCUT2D eigenvalue weighted by atomic mass is 10.1. The Balaban J connectivity index is 1.32. The summed E-state index contributed by atoms with van der Waals surface area (Å²) in [6.07, 6.45) is 9.92. The first kappa shape index (κ1) is 17.3. The first-order chi connectivity index (χ1) is 13.3.